The van der Waals surface area contributed by atoms with Crippen LogP contribution in [0.4, 0.5) is 5.69 Å². The van der Waals surface area contributed by atoms with Crippen LogP contribution in [-0.4, -0.2) is 30.5 Å². The molecule has 1 N–H and O–H groups in total. The van der Waals surface area contributed by atoms with Gasteiger partial charge in [-0.15, -0.1) is 0 Å². The maximum Gasteiger partial charge on any atom is 0.338 e. The van der Waals surface area contributed by atoms with Crippen molar-refractivity contribution in [2.45, 2.75) is 13.3 Å². The number of hydrogen-bond acceptors (Lipinski definition) is 5. The van der Waals surface area contributed by atoms with Crippen molar-refractivity contribution in [1.29, 1.82) is 0 Å². The molecule has 1 amide bonds. The SMILES string of the molecule is COC(=O)c1ccc(C=CCCNC(C)=O)c([N+](=O)[O-])c1. The van der Waals surface area contributed by atoms with Crippen LogP contribution in [0.3, 0.4) is 0 Å². The molecule has 0 unspecified atom stereocenters. The van der Waals surface area contributed by atoms with E-state index in [9.17, 15) is 19.7 Å². The van der Waals surface area contributed by atoms with Gasteiger partial charge in [-0.25, -0.2) is 4.79 Å². The monoisotopic (exact) mass is 292 g/mol. The van der Waals surface area contributed by atoms with Crippen molar-refractivity contribution in [2.75, 3.05) is 13.7 Å². The zero-order chi connectivity index (χ0) is 15.8. The Hall–Kier alpha value is -2.70. The summed E-state index contributed by atoms with van der Waals surface area (Å²) in [5, 5.41) is 13.6. The van der Waals surface area contributed by atoms with Gasteiger partial charge in [0, 0.05) is 19.5 Å². The van der Waals surface area contributed by atoms with Gasteiger partial charge in [0.15, 0.2) is 0 Å². The zero-order valence-corrected chi connectivity index (χ0v) is 11.8. The largest absolute Gasteiger partial charge is 0.465 e. The second-order valence-electron chi connectivity index (χ2n) is 4.20. The molecular formula is C14H16N2O5. The maximum atomic E-state index is 11.4. The van der Waals surface area contributed by atoms with Crippen LogP contribution in [0, 0.1) is 10.1 Å². The molecule has 112 valence electrons. The van der Waals surface area contributed by atoms with Crippen molar-refractivity contribution < 1.29 is 19.2 Å². The van der Waals surface area contributed by atoms with E-state index in [0.717, 1.165) is 0 Å². The number of nitro benzene ring substituents is 1. The van der Waals surface area contributed by atoms with Crippen LogP contribution in [0.25, 0.3) is 6.08 Å². The average molecular weight is 292 g/mol. The zero-order valence-electron chi connectivity index (χ0n) is 11.8. The van der Waals surface area contributed by atoms with E-state index >= 15 is 0 Å². The van der Waals surface area contributed by atoms with Crippen molar-refractivity contribution in [3.05, 3.63) is 45.5 Å². The molecule has 0 saturated heterocycles. The molecule has 0 saturated carbocycles. The van der Waals surface area contributed by atoms with E-state index in [0.29, 0.717) is 18.5 Å². The van der Waals surface area contributed by atoms with Gasteiger partial charge >= 0.3 is 5.97 Å². The van der Waals surface area contributed by atoms with Crippen LogP contribution in [0.15, 0.2) is 24.3 Å². The van der Waals surface area contributed by atoms with Gasteiger partial charge in [0.1, 0.15) is 0 Å². The molecule has 1 rings (SSSR count). The summed E-state index contributed by atoms with van der Waals surface area (Å²) in [5.41, 5.74) is 0.337. The molecule has 0 fully saturated rings. The van der Waals surface area contributed by atoms with E-state index in [-0.39, 0.29) is 17.2 Å². The molecule has 0 aromatic heterocycles. The van der Waals surface area contributed by atoms with Gasteiger partial charge in [-0.1, -0.05) is 12.2 Å². The molecule has 0 aliphatic carbocycles. The van der Waals surface area contributed by atoms with Crippen LogP contribution in [0.5, 0.6) is 0 Å². The molecule has 0 heterocycles. The van der Waals surface area contributed by atoms with E-state index in [1.54, 1.807) is 12.2 Å². The molecule has 7 heteroatoms. The van der Waals surface area contributed by atoms with Gasteiger partial charge < -0.3 is 10.1 Å². The molecule has 0 atom stereocenters. The molecular weight excluding hydrogens is 276 g/mol. The fraction of sp³-hybridized carbons (Fsp3) is 0.286. The lowest BCUT2D eigenvalue weighted by molar-refractivity contribution is -0.385. The Balaban J connectivity index is 2.86. The molecule has 0 aliphatic heterocycles. The van der Waals surface area contributed by atoms with Crippen LogP contribution in [0.1, 0.15) is 29.3 Å². The second-order valence-corrected chi connectivity index (χ2v) is 4.20. The lowest BCUT2D eigenvalue weighted by Gasteiger charge is -2.02. The molecule has 0 radical (unpaired) electrons. The minimum Gasteiger partial charge on any atom is -0.465 e. The summed E-state index contributed by atoms with van der Waals surface area (Å²) in [5.74, 6) is -0.754. The van der Waals surface area contributed by atoms with Gasteiger partial charge in [-0.3, -0.25) is 14.9 Å². The Bertz CT molecular complexity index is 581. The smallest absolute Gasteiger partial charge is 0.338 e. The fourth-order valence-corrected chi connectivity index (χ4v) is 1.63. The van der Waals surface area contributed by atoms with E-state index in [4.69, 9.17) is 0 Å². The number of ether oxygens (including phenoxy) is 1. The number of carbonyl (C=O) groups is 2. The number of methoxy groups -OCH3 is 1. The van der Waals surface area contributed by atoms with Crippen LogP contribution in [-0.2, 0) is 9.53 Å². The van der Waals surface area contributed by atoms with Crippen molar-refractivity contribution in [3.8, 4) is 0 Å². The standard InChI is InChI=1S/C14H16N2O5/c1-10(17)15-8-4-3-5-11-6-7-12(14(18)21-2)9-13(11)16(19)20/h3,5-7,9H,4,8H2,1-2H3,(H,15,17). The number of hydrogen-bond donors (Lipinski definition) is 1. The lowest BCUT2D eigenvalue weighted by Crippen LogP contribution is -2.20. The summed E-state index contributed by atoms with van der Waals surface area (Å²) >= 11 is 0. The third-order valence-electron chi connectivity index (χ3n) is 2.63. The van der Waals surface area contributed by atoms with Crippen LogP contribution >= 0.6 is 0 Å². The highest BCUT2D eigenvalue weighted by Crippen LogP contribution is 2.22. The number of benzene rings is 1. The number of carbonyl (C=O) groups excluding carboxylic acids is 2. The van der Waals surface area contributed by atoms with Crippen molar-refractivity contribution in [2.24, 2.45) is 0 Å². The van der Waals surface area contributed by atoms with Gasteiger partial charge in [0.25, 0.3) is 5.69 Å². The quantitative estimate of drug-likeness (QED) is 0.374. The number of nitro groups is 1. The Morgan fingerprint density at radius 3 is 2.71 bits per heavy atom. The minimum atomic E-state index is -0.626. The van der Waals surface area contributed by atoms with Crippen molar-refractivity contribution >= 4 is 23.6 Å². The molecule has 0 bridgehead atoms. The predicted octanol–water partition coefficient (Wildman–Crippen LogP) is 1.92. The summed E-state index contributed by atoms with van der Waals surface area (Å²) in [4.78, 5) is 32.5. The minimum absolute atomic E-state index is 0.125. The van der Waals surface area contributed by atoms with Gasteiger partial charge in [-0.05, 0) is 18.6 Å². The number of rotatable bonds is 6. The lowest BCUT2D eigenvalue weighted by atomic mass is 10.1. The van der Waals surface area contributed by atoms with Crippen LogP contribution < -0.4 is 5.32 Å². The molecule has 1 aromatic rings. The maximum absolute atomic E-state index is 11.4. The molecule has 7 nitrogen and oxygen atoms in total. The van der Waals surface area contributed by atoms with Gasteiger partial charge in [0.05, 0.1) is 23.2 Å². The Morgan fingerprint density at radius 1 is 1.43 bits per heavy atom. The summed E-state index contributed by atoms with van der Waals surface area (Å²) in [7, 11) is 1.21. The fourth-order valence-electron chi connectivity index (χ4n) is 1.63. The molecule has 0 aliphatic rings. The molecule has 1 aromatic carbocycles. The Morgan fingerprint density at radius 2 is 2.14 bits per heavy atom. The first kappa shape index (κ1) is 16.4. The summed E-state index contributed by atoms with van der Waals surface area (Å²) in [6.07, 6.45) is 3.85. The van der Waals surface area contributed by atoms with Gasteiger partial charge in [0.2, 0.25) is 5.91 Å². The number of nitrogens with one attached hydrogen (secondary N) is 1. The van der Waals surface area contributed by atoms with E-state index in [1.807, 2.05) is 0 Å². The third kappa shape index (κ3) is 5.06. The summed E-state index contributed by atoms with van der Waals surface area (Å²) in [6.45, 7) is 1.87. The predicted molar refractivity (Wildman–Crippen MR) is 76.8 cm³/mol. The number of nitrogens with zero attached hydrogens (tertiary/aromatic N) is 1. The number of esters is 1. The summed E-state index contributed by atoms with van der Waals surface area (Å²) in [6, 6.07) is 4.13. The topological polar surface area (TPSA) is 98.5 Å². The average Bonchev–Trinajstić information content (AvgIpc) is 2.45. The first-order chi connectivity index (χ1) is 9.95. The van der Waals surface area contributed by atoms with E-state index in [1.165, 1.54) is 32.2 Å². The number of amides is 1. The highest BCUT2D eigenvalue weighted by atomic mass is 16.6. The van der Waals surface area contributed by atoms with Crippen molar-refractivity contribution in [3.63, 3.8) is 0 Å². The van der Waals surface area contributed by atoms with Crippen molar-refractivity contribution in [1.82, 2.24) is 5.32 Å². The second kappa shape index (κ2) is 7.78. The normalized spacial score (nSPS) is 10.4. The highest BCUT2D eigenvalue weighted by Gasteiger charge is 2.16. The van der Waals surface area contributed by atoms with E-state index in [2.05, 4.69) is 10.1 Å². The first-order valence-electron chi connectivity index (χ1n) is 6.23. The Labute approximate surface area is 121 Å². The van der Waals surface area contributed by atoms with E-state index < -0.39 is 10.9 Å². The van der Waals surface area contributed by atoms with Crippen LogP contribution in [0.2, 0.25) is 0 Å². The Kier molecular flexibility index (Phi) is 6.06. The first-order valence-corrected chi connectivity index (χ1v) is 6.23. The summed E-state index contributed by atoms with van der Waals surface area (Å²) < 4.78 is 4.53. The van der Waals surface area contributed by atoms with Gasteiger partial charge in [-0.2, -0.15) is 0 Å². The third-order valence-corrected chi connectivity index (χ3v) is 2.63. The molecule has 21 heavy (non-hydrogen) atoms. The highest BCUT2D eigenvalue weighted by molar-refractivity contribution is 5.90. The molecule has 0 spiro atoms.